The molecule has 1 aliphatic rings. The second-order valence-electron chi connectivity index (χ2n) is 6.30. The Morgan fingerprint density at radius 3 is 2.62 bits per heavy atom. The number of fused-ring (bicyclic) bond motifs is 1. The molecular weight excluding hydrogens is 390 g/mol. The van der Waals surface area contributed by atoms with Crippen LogP contribution < -0.4 is 5.32 Å². The monoisotopic (exact) mass is 409 g/mol. The zero-order valence-corrected chi connectivity index (χ0v) is 17.2. The van der Waals surface area contributed by atoms with Gasteiger partial charge in [-0.1, -0.05) is 0 Å². The van der Waals surface area contributed by atoms with Gasteiger partial charge in [0.2, 0.25) is 10.0 Å². The van der Waals surface area contributed by atoms with Crippen molar-refractivity contribution in [3.63, 3.8) is 0 Å². The van der Waals surface area contributed by atoms with Crippen LogP contribution in [-0.4, -0.2) is 32.7 Å². The first-order valence-corrected chi connectivity index (χ1v) is 11.2. The van der Waals surface area contributed by atoms with Crippen LogP contribution in [0.3, 0.4) is 0 Å². The van der Waals surface area contributed by atoms with Gasteiger partial charge in [0.1, 0.15) is 11.1 Å². The van der Waals surface area contributed by atoms with Crippen molar-refractivity contribution in [2.75, 3.05) is 19.4 Å². The van der Waals surface area contributed by atoms with E-state index in [0.29, 0.717) is 20.3 Å². The molecule has 0 atom stereocenters. The number of carbonyl (C=O) groups is 1. The van der Waals surface area contributed by atoms with E-state index in [1.54, 1.807) is 6.92 Å². The number of anilines is 1. The van der Waals surface area contributed by atoms with E-state index in [0.717, 1.165) is 46.9 Å². The Morgan fingerprint density at radius 1 is 1.27 bits per heavy atom. The first-order valence-electron chi connectivity index (χ1n) is 8.14. The molecule has 1 amide bonds. The van der Waals surface area contributed by atoms with Crippen LogP contribution in [0.1, 0.15) is 43.4 Å². The van der Waals surface area contributed by atoms with E-state index >= 15 is 0 Å². The van der Waals surface area contributed by atoms with Gasteiger partial charge in [0.15, 0.2) is 0 Å². The van der Waals surface area contributed by atoms with Crippen LogP contribution in [0.4, 0.5) is 5.00 Å². The van der Waals surface area contributed by atoms with Crippen LogP contribution in [0, 0.1) is 18.3 Å². The van der Waals surface area contributed by atoms with Gasteiger partial charge in [-0.3, -0.25) is 4.79 Å². The Hall–Kier alpha value is -1.73. The maximum atomic E-state index is 12.6. The maximum absolute atomic E-state index is 12.6. The van der Waals surface area contributed by atoms with E-state index in [1.165, 1.54) is 36.4 Å². The largest absolute Gasteiger partial charge is 0.312 e. The third kappa shape index (κ3) is 3.30. The molecule has 0 aromatic carbocycles. The van der Waals surface area contributed by atoms with Crippen LogP contribution in [-0.2, 0) is 22.9 Å². The van der Waals surface area contributed by atoms with Crippen LogP contribution in [0.2, 0.25) is 0 Å². The van der Waals surface area contributed by atoms with E-state index in [1.807, 2.05) is 0 Å². The van der Waals surface area contributed by atoms with Gasteiger partial charge in [0.25, 0.3) is 5.91 Å². The average molecular weight is 410 g/mol. The smallest absolute Gasteiger partial charge is 0.266 e. The maximum Gasteiger partial charge on any atom is 0.266 e. The predicted molar refractivity (Wildman–Crippen MR) is 104 cm³/mol. The number of hydrogen-bond donors (Lipinski definition) is 1. The molecule has 2 aromatic heterocycles. The van der Waals surface area contributed by atoms with Gasteiger partial charge in [0.05, 0.1) is 15.3 Å². The third-order valence-electron chi connectivity index (χ3n) is 4.36. The molecule has 1 N–H and O–H groups in total. The minimum atomic E-state index is -3.59. The quantitative estimate of drug-likeness (QED) is 0.838. The molecular formula is C17H19N3O3S3. The van der Waals surface area contributed by atoms with E-state index in [-0.39, 0.29) is 10.8 Å². The van der Waals surface area contributed by atoms with E-state index in [2.05, 4.69) is 11.4 Å². The van der Waals surface area contributed by atoms with Crippen LogP contribution in [0.15, 0.2) is 11.0 Å². The summed E-state index contributed by atoms with van der Waals surface area (Å²) in [5.41, 5.74) is 1.60. The molecule has 0 saturated heterocycles. The normalized spacial score (nSPS) is 14.1. The number of thiophene rings is 2. The summed E-state index contributed by atoms with van der Waals surface area (Å²) in [4.78, 5) is 14.8. The summed E-state index contributed by atoms with van der Waals surface area (Å²) < 4.78 is 25.8. The Kier molecular flexibility index (Phi) is 5.21. The van der Waals surface area contributed by atoms with Gasteiger partial charge in [0, 0.05) is 23.8 Å². The minimum Gasteiger partial charge on any atom is -0.312 e. The standard InChI is InChI=1S/C17H19N3O3S3/c1-10-15(26(22,23)20(2)3)8-14(24-10)16(21)19-17-12(9-18)11-6-4-5-7-13(11)25-17/h8H,4-7H2,1-3H3,(H,19,21). The van der Waals surface area contributed by atoms with Gasteiger partial charge in [-0.25, -0.2) is 12.7 Å². The molecule has 6 nitrogen and oxygen atoms in total. The van der Waals surface area contributed by atoms with Crippen LogP contribution in [0.25, 0.3) is 0 Å². The summed E-state index contributed by atoms with van der Waals surface area (Å²) >= 11 is 2.59. The number of amides is 1. The average Bonchev–Trinajstić information content (AvgIpc) is 3.14. The molecule has 9 heteroatoms. The second-order valence-corrected chi connectivity index (χ2v) is 10.8. The fourth-order valence-corrected chi connectivity index (χ4v) is 6.55. The van der Waals surface area contributed by atoms with Gasteiger partial charge >= 0.3 is 0 Å². The number of rotatable bonds is 4. The molecule has 0 aliphatic heterocycles. The Bertz CT molecular complexity index is 1010. The Labute approximate surface area is 161 Å². The molecule has 0 unspecified atom stereocenters. The molecule has 0 saturated carbocycles. The van der Waals surface area contributed by atoms with Gasteiger partial charge in [-0.05, 0) is 44.2 Å². The second kappa shape index (κ2) is 7.12. The number of hydrogen-bond acceptors (Lipinski definition) is 6. The first-order chi connectivity index (χ1) is 12.3. The summed E-state index contributed by atoms with van der Waals surface area (Å²) in [5.74, 6) is -0.381. The molecule has 2 heterocycles. The number of aryl methyl sites for hydroxylation is 2. The lowest BCUT2D eigenvalue weighted by atomic mass is 9.96. The number of carbonyl (C=O) groups excluding carboxylic acids is 1. The van der Waals surface area contributed by atoms with Gasteiger partial charge in [-0.2, -0.15) is 5.26 Å². The number of sulfonamides is 1. The zero-order valence-electron chi connectivity index (χ0n) is 14.7. The summed E-state index contributed by atoms with van der Waals surface area (Å²) in [5, 5.41) is 12.9. The first kappa shape index (κ1) is 19.0. The fourth-order valence-electron chi connectivity index (χ4n) is 2.97. The van der Waals surface area contributed by atoms with Crippen molar-refractivity contribution in [1.29, 1.82) is 5.26 Å². The molecule has 1 aliphatic carbocycles. The van der Waals surface area contributed by atoms with Crippen molar-refractivity contribution in [3.05, 3.63) is 31.8 Å². The molecule has 0 bridgehead atoms. The van der Waals surface area contributed by atoms with E-state index < -0.39 is 10.0 Å². The highest BCUT2D eigenvalue weighted by molar-refractivity contribution is 7.89. The topological polar surface area (TPSA) is 90.3 Å². The minimum absolute atomic E-state index is 0.142. The number of nitrogens with one attached hydrogen (secondary N) is 1. The lowest BCUT2D eigenvalue weighted by molar-refractivity contribution is 0.103. The highest BCUT2D eigenvalue weighted by Gasteiger charge is 2.26. The van der Waals surface area contributed by atoms with Crippen LogP contribution in [0.5, 0.6) is 0 Å². The summed E-state index contributed by atoms with van der Waals surface area (Å²) in [6, 6.07) is 3.62. The highest BCUT2D eigenvalue weighted by atomic mass is 32.2. The fraction of sp³-hybridized carbons (Fsp3) is 0.412. The van der Waals surface area contributed by atoms with E-state index in [9.17, 15) is 18.5 Å². The number of nitrogens with zero attached hydrogens (tertiary/aromatic N) is 2. The third-order valence-corrected chi connectivity index (χ3v) is 8.69. The summed E-state index contributed by atoms with van der Waals surface area (Å²) in [7, 11) is -0.674. The Balaban J connectivity index is 1.91. The van der Waals surface area contributed by atoms with Crippen molar-refractivity contribution in [3.8, 4) is 6.07 Å². The summed E-state index contributed by atoms with van der Waals surface area (Å²) in [6.45, 7) is 1.68. The molecule has 0 spiro atoms. The zero-order chi connectivity index (χ0) is 19.1. The Morgan fingerprint density at radius 2 is 1.96 bits per heavy atom. The molecule has 2 aromatic rings. The van der Waals surface area contributed by atoms with Crippen molar-refractivity contribution >= 4 is 43.6 Å². The summed E-state index contributed by atoms with van der Waals surface area (Å²) in [6.07, 6.45) is 3.96. The molecule has 0 radical (unpaired) electrons. The SMILES string of the molecule is Cc1sc(C(=O)Nc2sc3c(c2C#N)CCCC3)cc1S(=O)(=O)N(C)C. The highest BCUT2D eigenvalue weighted by Crippen LogP contribution is 2.38. The van der Waals surface area contributed by atoms with Crippen molar-refractivity contribution < 1.29 is 13.2 Å². The lowest BCUT2D eigenvalue weighted by Crippen LogP contribution is -2.22. The lowest BCUT2D eigenvalue weighted by Gasteiger charge is -2.10. The molecule has 26 heavy (non-hydrogen) atoms. The van der Waals surface area contributed by atoms with Crippen molar-refractivity contribution in [2.45, 2.75) is 37.5 Å². The van der Waals surface area contributed by atoms with E-state index in [4.69, 9.17) is 0 Å². The van der Waals surface area contributed by atoms with Gasteiger partial charge < -0.3 is 5.32 Å². The van der Waals surface area contributed by atoms with Crippen LogP contribution >= 0.6 is 22.7 Å². The van der Waals surface area contributed by atoms with Gasteiger partial charge in [-0.15, -0.1) is 22.7 Å². The van der Waals surface area contributed by atoms with Crippen molar-refractivity contribution in [2.24, 2.45) is 0 Å². The predicted octanol–water partition coefficient (Wildman–Crippen LogP) is 3.37. The molecule has 138 valence electrons. The van der Waals surface area contributed by atoms with Crippen molar-refractivity contribution in [1.82, 2.24) is 4.31 Å². The molecule has 3 rings (SSSR count). The molecule has 0 fully saturated rings. The number of nitriles is 1.